The number of amides is 1. The molecule has 1 aliphatic heterocycles. The van der Waals surface area contributed by atoms with Gasteiger partial charge < -0.3 is 10.6 Å². The first-order valence-electron chi connectivity index (χ1n) is 8.64. The van der Waals surface area contributed by atoms with E-state index in [-0.39, 0.29) is 11.9 Å². The van der Waals surface area contributed by atoms with Crippen LogP contribution >= 0.6 is 0 Å². The highest BCUT2D eigenvalue weighted by atomic mass is 16.1. The van der Waals surface area contributed by atoms with E-state index in [1.54, 1.807) is 0 Å². The Morgan fingerprint density at radius 1 is 1.16 bits per heavy atom. The Morgan fingerprint density at radius 3 is 2.56 bits per heavy atom. The molecular weight excluding hydrogens is 316 g/mol. The minimum absolute atomic E-state index is 0.134. The zero-order valence-electron chi connectivity index (χ0n) is 15.0. The third kappa shape index (κ3) is 4.10. The smallest absolute Gasteiger partial charge is 0.226 e. The second-order valence-corrected chi connectivity index (χ2v) is 6.60. The van der Waals surface area contributed by atoms with Crippen LogP contribution in [0.1, 0.15) is 53.9 Å². The van der Waals surface area contributed by atoms with Crippen molar-refractivity contribution < 1.29 is 4.79 Å². The molecule has 1 saturated heterocycles. The van der Waals surface area contributed by atoms with Crippen LogP contribution in [0.5, 0.6) is 0 Å². The molecule has 1 aliphatic rings. The van der Waals surface area contributed by atoms with E-state index in [4.69, 9.17) is 5.73 Å². The lowest BCUT2D eigenvalue weighted by molar-refractivity contribution is -0.118. The molecule has 1 atom stereocenters. The van der Waals surface area contributed by atoms with E-state index in [0.717, 1.165) is 48.1 Å². The predicted octanol–water partition coefficient (Wildman–Crippen LogP) is 1.95. The number of aryl methyl sites for hydroxylation is 4. The molecule has 0 aromatic carbocycles. The van der Waals surface area contributed by atoms with Crippen LogP contribution in [0.25, 0.3) is 0 Å². The molecule has 0 spiro atoms. The average Bonchev–Trinajstić information content (AvgIpc) is 3.01. The van der Waals surface area contributed by atoms with Crippen LogP contribution < -0.4 is 10.6 Å². The zero-order valence-corrected chi connectivity index (χ0v) is 15.0. The van der Waals surface area contributed by atoms with Gasteiger partial charge >= 0.3 is 0 Å². The van der Waals surface area contributed by atoms with E-state index in [1.165, 1.54) is 0 Å². The summed E-state index contributed by atoms with van der Waals surface area (Å²) in [4.78, 5) is 31.6. The number of aromatic nitrogens is 4. The van der Waals surface area contributed by atoms with Gasteiger partial charge in [-0.25, -0.2) is 19.9 Å². The molecule has 132 valence electrons. The fourth-order valence-electron chi connectivity index (χ4n) is 3.35. The fourth-order valence-corrected chi connectivity index (χ4v) is 3.35. The van der Waals surface area contributed by atoms with Gasteiger partial charge in [0.05, 0.1) is 11.7 Å². The third-order valence-electron chi connectivity index (χ3n) is 4.36. The van der Waals surface area contributed by atoms with E-state index in [9.17, 15) is 4.79 Å². The highest BCUT2D eigenvalue weighted by Gasteiger charge is 2.30. The maximum Gasteiger partial charge on any atom is 0.226 e. The minimum Gasteiger partial charge on any atom is -0.370 e. The minimum atomic E-state index is -0.316. The van der Waals surface area contributed by atoms with Crippen LogP contribution in [0.3, 0.4) is 0 Å². The van der Waals surface area contributed by atoms with Gasteiger partial charge in [0.15, 0.2) is 0 Å². The summed E-state index contributed by atoms with van der Waals surface area (Å²) in [6, 6.07) is 4.10. The Balaban J connectivity index is 1.90. The second-order valence-electron chi connectivity index (χ2n) is 6.60. The molecule has 2 aromatic heterocycles. The number of nitrogens with two attached hydrogens (primary N) is 1. The Morgan fingerprint density at radius 2 is 1.88 bits per heavy atom. The summed E-state index contributed by atoms with van der Waals surface area (Å²) in [5.41, 5.74) is 9.01. The Hall–Kier alpha value is -2.57. The van der Waals surface area contributed by atoms with E-state index in [1.807, 2.05) is 32.9 Å². The largest absolute Gasteiger partial charge is 0.370 e. The molecule has 7 nitrogen and oxygen atoms in total. The van der Waals surface area contributed by atoms with Gasteiger partial charge in [-0.05, 0) is 52.2 Å². The molecule has 0 radical (unpaired) electrons. The van der Waals surface area contributed by atoms with Gasteiger partial charge in [0.25, 0.3) is 0 Å². The first kappa shape index (κ1) is 17.3. The molecule has 3 rings (SSSR count). The number of rotatable bonds is 5. The van der Waals surface area contributed by atoms with Crippen molar-refractivity contribution in [3.8, 4) is 0 Å². The molecule has 0 bridgehead atoms. The number of anilines is 1. The van der Waals surface area contributed by atoms with Crippen LogP contribution in [-0.2, 0) is 11.2 Å². The Kier molecular flexibility index (Phi) is 4.92. The highest BCUT2D eigenvalue weighted by molar-refractivity contribution is 5.73. The van der Waals surface area contributed by atoms with Gasteiger partial charge in [0.1, 0.15) is 5.82 Å². The number of primary amides is 1. The lowest BCUT2D eigenvalue weighted by atomic mass is 10.1. The number of hydrogen-bond donors (Lipinski definition) is 1. The Labute approximate surface area is 147 Å². The van der Waals surface area contributed by atoms with Crippen molar-refractivity contribution in [3.05, 3.63) is 40.7 Å². The zero-order chi connectivity index (χ0) is 18.0. The normalized spacial score (nSPS) is 17.1. The molecule has 25 heavy (non-hydrogen) atoms. The van der Waals surface area contributed by atoms with Crippen molar-refractivity contribution in [2.45, 2.75) is 52.5 Å². The van der Waals surface area contributed by atoms with Crippen molar-refractivity contribution in [3.63, 3.8) is 0 Å². The number of nitrogens with zero attached hydrogens (tertiary/aromatic N) is 5. The first-order chi connectivity index (χ1) is 11.9. The molecule has 0 unspecified atom stereocenters. The maximum atomic E-state index is 11.1. The van der Waals surface area contributed by atoms with Gasteiger partial charge in [-0.2, -0.15) is 0 Å². The van der Waals surface area contributed by atoms with Crippen molar-refractivity contribution >= 4 is 11.9 Å². The van der Waals surface area contributed by atoms with Gasteiger partial charge in [0, 0.05) is 30.0 Å². The number of carbonyl (C=O) groups excluding carboxylic acids is 1. The van der Waals surface area contributed by atoms with Crippen LogP contribution in [0, 0.1) is 20.8 Å². The van der Waals surface area contributed by atoms with Gasteiger partial charge in [-0.1, -0.05) is 0 Å². The van der Waals surface area contributed by atoms with E-state index in [2.05, 4.69) is 24.8 Å². The standard InChI is InChI=1S/C18H24N6O/c1-11-9-12(2)21-18(20-11)24-8-4-5-16(24)15-10-14(6-7-17(19)25)22-13(3)23-15/h9-10,16H,4-8H2,1-3H3,(H2,19,25)/t16-/m1/s1. The summed E-state index contributed by atoms with van der Waals surface area (Å²) in [6.45, 7) is 6.76. The summed E-state index contributed by atoms with van der Waals surface area (Å²) in [5.74, 6) is 1.16. The van der Waals surface area contributed by atoms with E-state index < -0.39 is 0 Å². The lowest BCUT2D eigenvalue weighted by Crippen LogP contribution is -2.26. The summed E-state index contributed by atoms with van der Waals surface area (Å²) < 4.78 is 0. The monoisotopic (exact) mass is 340 g/mol. The third-order valence-corrected chi connectivity index (χ3v) is 4.36. The number of carbonyl (C=O) groups is 1. The molecule has 1 fully saturated rings. The topological polar surface area (TPSA) is 97.9 Å². The molecule has 0 aliphatic carbocycles. The molecule has 0 saturated carbocycles. The molecule has 3 heterocycles. The summed E-state index contributed by atoms with van der Waals surface area (Å²) in [7, 11) is 0. The highest BCUT2D eigenvalue weighted by Crippen LogP contribution is 2.34. The number of hydrogen-bond acceptors (Lipinski definition) is 6. The predicted molar refractivity (Wildman–Crippen MR) is 95.1 cm³/mol. The molecule has 7 heteroatoms. The van der Waals surface area contributed by atoms with Crippen LogP contribution in [0.2, 0.25) is 0 Å². The van der Waals surface area contributed by atoms with Crippen molar-refractivity contribution in [2.24, 2.45) is 5.73 Å². The van der Waals surface area contributed by atoms with Gasteiger partial charge in [-0.15, -0.1) is 0 Å². The van der Waals surface area contributed by atoms with Crippen molar-refractivity contribution in [1.29, 1.82) is 0 Å². The molecule has 2 N–H and O–H groups in total. The van der Waals surface area contributed by atoms with Gasteiger partial charge in [-0.3, -0.25) is 4.79 Å². The lowest BCUT2D eigenvalue weighted by Gasteiger charge is -2.25. The van der Waals surface area contributed by atoms with Crippen molar-refractivity contribution in [2.75, 3.05) is 11.4 Å². The molecular formula is C18H24N6O. The van der Waals surface area contributed by atoms with E-state index >= 15 is 0 Å². The van der Waals surface area contributed by atoms with Gasteiger partial charge in [0.2, 0.25) is 11.9 Å². The van der Waals surface area contributed by atoms with Crippen molar-refractivity contribution in [1.82, 2.24) is 19.9 Å². The first-order valence-corrected chi connectivity index (χ1v) is 8.64. The molecule has 1 amide bonds. The maximum absolute atomic E-state index is 11.1. The quantitative estimate of drug-likeness (QED) is 0.893. The van der Waals surface area contributed by atoms with Crippen LogP contribution in [0.4, 0.5) is 5.95 Å². The second kappa shape index (κ2) is 7.13. The fraction of sp³-hybridized carbons (Fsp3) is 0.500. The van der Waals surface area contributed by atoms with Crippen LogP contribution in [-0.4, -0.2) is 32.4 Å². The SMILES string of the molecule is Cc1cc(C)nc(N2CCC[C@@H]2c2cc(CCC(N)=O)nc(C)n2)n1. The summed E-state index contributed by atoms with van der Waals surface area (Å²) in [5, 5.41) is 0. The summed E-state index contributed by atoms with van der Waals surface area (Å²) in [6.07, 6.45) is 2.91. The summed E-state index contributed by atoms with van der Waals surface area (Å²) >= 11 is 0. The molecule has 2 aromatic rings. The Bertz CT molecular complexity index is 771. The van der Waals surface area contributed by atoms with Crippen LogP contribution in [0.15, 0.2) is 12.1 Å². The average molecular weight is 340 g/mol. The van der Waals surface area contributed by atoms with E-state index in [0.29, 0.717) is 18.7 Å².